The molecule has 5 nitrogen and oxygen atoms in total. The second-order valence-electron chi connectivity index (χ2n) is 8.56. The van der Waals surface area contributed by atoms with Crippen LogP contribution in [-0.4, -0.2) is 30.8 Å². The van der Waals surface area contributed by atoms with Gasteiger partial charge < -0.3 is 14.2 Å². The molecule has 1 heterocycles. The van der Waals surface area contributed by atoms with Crippen LogP contribution in [0.3, 0.4) is 0 Å². The zero-order valence-electron chi connectivity index (χ0n) is 14.8. The lowest BCUT2D eigenvalue weighted by Gasteiger charge is -2.51. The number of carbonyl (C=O) groups is 2. The van der Waals surface area contributed by atoms with Gasteiger partial charge in [0.1, 0.15) is 18.0 Å². The highest BCUT2D eigenvalue weighted by Crippen LogP contribution is 2.57. The summed E-state index contributed by atoms with van der Waals surface area (Å²) in [7, 11) is 0. The molecule has 6 atom stereocenters. The molecule has 2 bridgehead atoms. The lowest BCUT2D eigenvalue weighted by atomic mass is 9.56. The van der Waals surface area contributed by atoms with Gasteiger partial charge in [0.15, 0.2) is 6.61 Å². The lowest BCUT2D eigenvalue weighted by molar-refractivity contribution is -0.166. The minimum absolute atomic E-state index is 0.0338. The monoisotopic (exact) mass is 334 g/mol. The van der Waals surface area contributed by atoms with Gasteiger partial charge in [-0.25, -0.2) is 4.79 Å². The van der Waals surface area contributed by atoms with Crippen LogP contribution < -0.4 is 0 Å². The summed E-state index contributed by atoms with van der Waals surface area (Å²) < 4.78 is 16.8. The number of hydrogen-bond acceptors (Lipinski definition) is 5. The highest BCUT2D eigenvalue weighted by Gasteiger charge is 2.63. The molecule has 0 aromatic heterocycles. The Morgan fingerprint density at radius 2 is 2.08 bits per heavy atom. The molecule has 1 aliphatic heterocycles. The third kappa shape index (κ3) is 1.99. The van der Waals surface area contributed by atoms with Crippen LogP contribution in [0.5, 0.6) is 0 Å². The summed E-state index contributed by atoms with van der Waals surface area (Å²) in [6.45, 7) is 8.59. The van der Waals surface area contributed by atoms with E-state index in [2.05, 4.69) is 33.8 Å². The largest absolute Gasteiger partial charge is 0.486 e. The van der Waals surface area contributed by atoms with Gasteiger partial charge >= 0.3 is 11.9 Å². The van der Waals surface area contributed by atoms with Crippen molar-refractivity contribution in [3.8, 4) is 0 Å². The molecule has 5 heteroatoms. The van der Waals surface area contributed by atoms with Crippen molar-refractivity contribution in [1.82, 2.24) is 0 Å². The van der Waals surface area contributed by atoms with Gasteiger partial charge in [0, 0.05) is 17.3 Å². The predicted octanol–water partition coefficient (Wildman–Crippen LogP) is 2.84. The first kappa shape index (κ1) is 16.0. The van der Waals surface area contributed by atoms with Crippen LogP contribution >= 0.6 is 0 Å². The smallest absolute Gasteiger partial charge is 0.344 e. The summed E-state index contributed by atoms with van der Waals surface area (Å²) in [5.41, 5.74) is 0.0482. The van der Waals surface area contributed by atoms with Gasteiger partial charge in [-0.1, -0.05) is 27.7 Å². The van der Waals surface area contributed by atoms with Crippen molar-refractivity contribution in [3.05, 3.63) is 11.8 Å². The Balaban J connectivity index is 1.34. The molecule has 0 amide bonds. The summed E-state index contributed by atoms with van der Waals surface area (Å²) in [6, 6.07) is 0. The van der Waals surface area contributed by atoms with Crippen molar-refractivity contribution < 1.29 is 23.8 Å². The summed E-state index contributed by atoms with van der Waals surface area (Å²) in [5.74, 6) is 0.966. The van der Waals surface area contributed by atoms with E-state index in [-0.39, 0.29) is 59.3 Å². The summed E-state index contributed by atoms with van der Waals surface area (Å²) >= 11 is 0. The maximum absolute atomic E-state index is 12.2. The number of esters is 2. The molecule has 4 rings (SSSR count). The molecule has 0 spiro atoms. The molecule has 0 N–H and O–H groups in total. The van der Waals surface area contributed by atoms with E-state index in [1.54, 1.807) is 0 Å². The minimum Gasteiger partial charge on any atom is -0.486 e. The Morgan fingerprint density at radius 3 is 2.75 bits per heavy atom. The SMILES string of the molecule is CCC1(C)C(OCC(=O)OC2C3CC4C(=O)OC2C4C3)=CC1(C)C. The van der Waals surface area contributed by atoms with E-state index in [9.17, 15) is 9.59 Å². The fourth-order valence-electron chi connectivity index (χ4n) is 5.10. The molecule has 3 fully saturated rings. The number of hydrogen-bond donors (Lipinski definition) is 0. The van der Waals surface area contributed by atoms with Crippen molar-refractivity contribution in [2.75, 3.05) is 6.61 Å². The minimum atomic E-state index is -0.365. The van der Waals surface area contributed by atoms with Crippen molar-refractivity contribution in [2.24, 2.45) is 28.6 Å². The van der Waals surface area contributed by atoms with Crippen molar-refractivity contribution in [2.45, 2.75) is 59.2 Å². The summed E-state index contributed by atoms with van der Waals surface area (Å²) in [5, 5.41) is 0. The van der Waals surface area contributed by atoms with Crippen molar-refractivity contribution >= 4 is 11.9 Å². The number of fused-ring (bicyclic) bond motifs is 1. The summed E-state index contributed by atoms with van der Waals surface area (Å²) in [4.78, 5) is 24.0. The zero-order chi connectivity index (χ0) is 17.3. The Kier molecular flexibility index (Phi) is 3.32. The van der Waals surface area contributed by atoms with Crippen molar-refractivity contribution in [1.29, 1.82) is 0 Å². The first-order chi connectivity index (χ1) is 11.3. The average molecular weight is 334 g/mol. The number of ether oxygens (including phenoxy) is 3. The molecule has 1 saturated heterocycles. The number of carbonyl (C=O) groups excluding carboxylic acids is 2. The quantitative estimate of drug-likeness (QED) is 0.724. The Morgan fingerprint density at radius 1 is 1.33 bits per heavy atom. The average Bonchev–Trinajstić information content (AvgIpc) is 3.15. The van der Waals surface area contributed by atoms with Gasteiger partial charge in [-0.2, -0.15) is 0 Å². The van der Waals surface area contributed by atoms with Crippen molar-refractivity contribution in [3.63, 3.8) is 0 Å². The lowest BCUT2D eigenvalue weighted by Crippen LogP contribution is -2.45. The first-order valence-corrected chi connectivity index (χ1v) is 9.03. The molecule has 0 aromatic carbocycles. The molecular formula is C19H26O5. The maximum Gasteiger partial charge on any atom is 0.344 e. The molecule has 4 aliphatic rings. The molecular weight excluding hydrogens is 308 g/mol. The number of rotatable bonds is 5. The first-order valence-electron chi connectivity index (χ1n) is 9.03. The molecule has 0 aromatic rings. The van der Waals surface area contributed by atoms with Gasteiger partial charge in [-0.05, 0) is 30.8 Å². The second-order valence-corrected chi connectivity index (χ2v) is 8.56. The molecule has 0 radical (unpaired) electrons. The second kappa shape index (κ2) is 4.99. The highest BCUT2D eigenvalue weighted by atomic mass is 16.6. The number of allylic oxidation sites excluding steroid dienone is 2. The molecule has 24 heavy (non-hydrogen) atoms. The topological polar surface area (TPSA) is 61.8 Å². The molecule has 3 aliphatic carbocycles. The third-order valence-corrected chi connectivity index (χ3v) is 7.19. The van der Waals surface area contributed by atoms with Crippen LogP contribution in [-0.2, 0) is 23.8 Å². The van der Waals surface area contributed by atoms with E-state index in [1.807, 2.05) is 0 Å². The fourth-order valence-corrected chi connectivity index (χ4v) is 5.10. The standard InChI is InChI=1S/C19H26O5/c1-5-19(4)13(8-18(19,2)3)22-9-14(20)23-15-10-6-11-12(7-10)17(21)24-16(11)15/h8,10-12,15-16H,5-7,9H2,1-4H3. The van der Waals surface area contributed by atoms with Crippen LogP contribution in [0.1, 0.15) is 47.0 Å². The van der Waals surface area contributed by atoms with Crippen LogP contribution in [0, 0.1) is 28.6 Å². The Hall–Kier alpha value is -1.52. The van der Waals surface area contributed by atoms with Crippen LogP contribution in [0.2, 0.25) is 0 Å². The van der Waals surface area contributed by atoms with Gasteiger partial charge in [0.25, 0.3) is 0 Å². The van der Waals surface area contributed by atoms with Gasteiger partial charge in [0.2, 0.25) is 0 Å². The maximum atomic E-state index is 12.2. The van der Waals surface area contributed by atoms with Gasteiger partial charge in [0.05, 0.1) is 5.92 Å². The van der Waals surface area contributed by atoms with Gasteiger partial charge in [-0.3, -0.25) is 4.79 Å². The fraction of sp³-hybridized carbons (Fsp3) is 0.789. The Bertz CT molecular complexity index is 621. The van der Waals surface area contributed by atoms with Gasteiger partial charge in [-0.15, -0.1) is 0 Å². The third-order valence-electron chi connectivity index (χ3n) is 7.19. The zero-order valence-corrected chi connectivity index (χ0v) is 14.8. The van der Waals surface area contributed by atoms with E-state index >= 15 is 0 Å². The van der Waals surface area contributed by atoms with E-state index in [0.717, 1.165) is 25.0 Å². The van der Waals surface area contributed by atoms with E-state index in [1.165, 1.54) is 0 Å². The van der Waals surface area contributed by atoms with Crippen LogP contribution in [0.4, 0.5) is 0 Å². The normalized spacial score (nSPS) is 43.9. The summed E-state index contributed by atoms with van der Waals surface area (Å²) in [6.07, 6.45) is 4.28. The molecule has 6 unspecified atom stereocenters. The molecule has 132 valence electrons. The van der Waals surface area contributed by atoms with Crippen LogP contribution in [0.25, 0.3) is 0 Å². The van der Waals surface area contributed by atoms with E-state index in [0.29, 0.717) is 0 Å². The molecule has 2 saturated carbocycles. The Labute approximate surface area is 142 Å². The van der Waals surface area contributed by atoms with E-state index in [4.69, 9.17) is 14.2 Å². The van der Waals surface area contributed by atoms with E-state index < -0.39 is 0 Å². The highest BCUT2D eigenvalue weighted by molar-refractivity contribution is 5.77. The predicted molar refractivity (Wildman–Crippen MR) is 85.7 cm³/mol. The van der Waals surface area contributed by atoms with Crippen LogP contribution in [0.15, 0.2) is 11.8 Å².